The molecule has 0 fully saturated rings. The molecule has 0 saturated heterocycles. The second kappa shape index (κ2) is 4.29. The summed E-state index contributed by atoms with van der Waals surface area (Å²) >= 11 is 0. The van der Waals surface area contributed by atoms with Gasteiger partial charge in [-0.1, -0.05) is 0 Å². The molecule has 1 unspecified atom stereocenters. The van der Waals surface area contributed by atoms with Gasteiger partial charge in [0.1, 0.15) is 6.04 Å². The Morgan fingerprint density at radius 3 is 2.33 bits per heavy atom. The minimum absolute atomic E-state index is 0.0534. The van der Waals surface area contributed by atoms with Gasteiger partial charge in [0, 0.05) is 5.69 Å². The average molecular weight is 225 g/mol. The molecule has 0 heterocycles. The minimum Gasteiger partial charge on any atom is -0.370 e. The van der Waals surface area contributed by atoms with Crippen molar-refractivity contribution >= 4 is 15.7 Å². The van der Waals surface area contributed by atoms with Crippen molar-refractivity contribution < 1.29 is 8.42 Å². The van der Waals surface area contributed by atoms with Gasteiger partial charge in [-0.25, -0.2) is 13.6 Å². The second-order valence-electron chi connectivity index (χ2n) is 3.06. The van der Waals surface area contributed by atoms with E-state index in [1.807, 2.05) is 6.07 Å². The zero-order chi connectivity index (χ0) is 11.5. The summed E-state index contributed by atoms with van der Waals surface area (Å²) < 4.78 is 21.9. The summed E-state index contributed by atoms with van der Waals surface area (Å²) in [5, 5.41) is 16.4. The van der Waals surface area contributed by atoms with Crippen molar-refractivity contribution in [1.82, 2.24) is 0 Å². The fraction of sp³-hybridized carbons (Fsp3) is 0.222. The maximum Gasteiger partial charge on any atom is 0.238 e. The number of benzene rings is 1. The smallest absolute Gasteiger partial charge is 0.238 e. The van der Waals surface area contributed by atoms with E-state index in [4.69, 9.17) is 10.4 Å². The van der Waals surface area contributed by atoms with Crippen molar-refractivity contribution in [2.24, 2.45) is 5.14 Å². The molecule has 6 heteroatoms. The van der Waals surface area contributed by atoms with Crippen LogP contribution < -0.4 is 10.5 Å². The van der Waals surface area contributed by atoms with Gasteiger partial charge in [0.25, 0.3) is 0 Å². The van der Waals surface area contributed by atoms with Crippen LogP contribution in [0.15, 0.2) is 29.2 Å². The van der Waals surface area contributed by atoms with Crippen LogP contribution in [0.3, 0.4) is 0 Å². The summed E-state index contributed by atoms with van der Waals surface area (Å²) in [6, 6.07) is 7.58. The van der Waals surface area contributed by atoms with Gasteiger partial charge in [0.2, 0.25) is 10.0 Å². The number of anilines is 1. The van der Waals surface area contributed by atoms with Gasteiger partial charge in [-0.05, 0) is 31.2 Å². The van der Waals surface area contributed by atoms with Crippen LogP contribution in [0.1, 0.15) is 6.92 Å². The van der Waals surface area contributed by atoms with Gasteiger partial charge in [-0.2, -0.15) is 5.26 Å². The Morgan fingerprint density at radius 2 is 1.93 bits per heavy atom. The van der Waals surface area contributed by atoms with Crippen LogP contribution >= 0.6 is 0 Å². The molecule has 0 radical (unpaired) electrons. The molecule has 0 aliphatic carbocycles. The van der Waals surface area contributed by atoms with Gasteiger partial charge < -0.3 is 5.32 Å². The van der Waals surface area contributed by atoms with Crippen molar-refractivity contribution in [3.05, 3.63) is 24.3 Å². The van der Waals surface area contributed by atoms with Crippen molar-refractivity contribution in [3.63, 3.8) is 0 Å². The Balaban J connectivity index is 2.88. The summed E-state index contributed by atoms with van der Waals surface area (Å²) in [6.45, 7) is 1.70. The van der Waals surface area contributed by atoms with Gasteiger partial charge in [-0.3, -0.25) is 0 Å². The number of sulfonamides is 1. The fourth-order valence-corrected chi connectivity index (χ4v) is 1.54. The number of primary sulfonamides is 1. The highest BCUT2D eigenvalue weighted by Gasteiger charge is 2.07. The quantitative estimate of drug-likeness (QED) is 0.789. The highest BCUT2D eigenvalue weighted by Crippen LogP contribution is 2.13. The highest BCUT2D eigenvalue weighted by atomic mass is 32.2. The normalized spacial score (nSPS) is 12.9. The highest BCUT2D eigenvalue weighted by molar-refractivity contribution is 7.89. The number of hydrogen-bond acceptors (Lipinski definition) is 4. The lowest BCUT2D eigenvalue weighted by Crippen LogP contribution is -2.13. The number of hydrogen-bond donors (Lipinski definition) is 2. The Kier molecular flexibility index (Phi) is 3.29. The van der Waals surface area contributed by atoms with Crippen LogP contribution in [0.2, 0.25) is 0 Å². The lowest BCUT2D eigenvalue weighted by molar-refractivity contribution is 0.598. The third kappa shape index (κ3) is 3.23. The molecule has 0 aliphatic heterocycles. The standard InChI is InChI=1S/C9H11N3O2S/c1-7(6-10)12-8-2-4-9(5-3-8)15(11,13)14/h2-5,7,12H,1H3,(H2,11,13,14). The number of nitrogens with one attached hydrogen (secondary N) is 1. The number of nitrogens with zero attached hydrogens (tertiary/aromatic N) is 1. The Hall–Kier alpha value is -1.58. The molecule has 3 N–H and O–H groups in total. The van der Waals surface area contributed by atoms with E-state index in [0.29, 0.717) is 5.69 Å². The molecule has 5 nitrogen and oxygen atoms in total. The maximum atomic E-state index is 10.9. The Morgan fingerprint density at radius 1 is 1.40 bits per heavy atom. The van der Waals surface area contributed by atoms with Crippen LogP contribution in [0.25, 0.3) is 0 Å². The Labute approximate surface area is 88.6 Å². The first kappa shape index (κ1) is 11.5. The van der Waals surface area contributed by atoms with Crippen LogP contribution in [0.5, 0.6) is 0 Å². The predicted molar refractivity (Wildman–Crippen MR) is 56.5 cm³/mol. The van der Waals surface area contributed by atoms with E-state index in [1.54, 1.807) is 19.1 Å². The van der Waals surface area contributed by atoms with E-state index in [2.05, 4.69) is 5.32 Å². The number of nitriles is 1. The lowest BCUT2D eigenvalue weighted by Gasteiger charge is -2.07. The molecule has 1 rings (SSSR count). The van der Waals surface area contributed by atoms with Gasteiger partial charge in [0.15, 0.2) is 0 Å². The lowest BCUT2D eigenvalue weighted by atomic mass is 10.3. The van der Waals surface area contributed by atoms with E-state index in [0.717, 1.165) is 0 Å². The molecule has 0 aromatic heterocycles. The van der Waals surface area contributed by atoms with E-state index < -0.39 is 10.0 Å². The number of nitrogens with two attached hydrogens (primary N) is 1. The molecule has 15 heavy (non-hydrogen) atoms. The van der Waals surface area contributed by atoms with E-state index in [-0.39, 0.29) is 10.9 Å². The largest absolute Gasteiger partial charge is 0.370 e. The first-order valence-corrected chi connectivity index (χ1v) is 5.77. The summed E-state index contributed by atoms with van der Waals surface area (Å²) in [6.07, 6.45) is 0. The predicted octanol–water partition coefficient (Wildman–Crippen LogP) is 0.658. The van der Waals surface area contributed by atoms with Crippen molar-refractivity contribution in [1.29, 1.82) is 5.26 Å². The van der Waals surface area contributed by atoms with E-state index in [9.17, 15) is 8.42 Å². The first-order valence-electron chi connectivity index (χ1n) is 4.22. The van der Waals surface area contributed by atoms with Gasteiger partial charge >= 0.3 is 0 Å². The molecule has 0 amide bonds. The molecule has 0 saturated carbocycles. The van der Waals surface area contributed by atoms with Crippen LogP contribution in [-0.4, -0.2) is 14.5 Å². The molecule has 0 bridgehead atoms. The third-order valence-electron chi connectivity index (χ3n) is 1.76. The summed E-state index contributed by atoms with van der Waals surface area (Å²) in [5.41, 5.74) is 0.677. The molecule has 0 spiro atoms. The third-order valence-corrected chi connectivity index (χ3v) is 2.69. The molecular formula is C9H11N3O2S. The monoisotopic (exact) mass is 225 g/mol. The summed E-state index contributed by atoms with van der Waals surface area (Å²) in [7, 11) is -3.65. The zero-order valence-corrected chi connectivity index (χ0v) is 8.95. The first-order chi connectivity index (χ1) is 6.93. The summed E-state index contributed by atoms with van der Waals surface area (Å²) in [4.78, 5) is 0.0534. The second-order valence-corrected chi connectivity index (χ2v) is 4.63. The van der Waals surface area contributed by atoms with E-state index >= 15 is 0 Å². The molecule has 80 valence electrons. The molecular weight excluding hydrogens is 214 g/mol. The van der Waals surface area contributed by atoms with Crippen molar-refractivity contribution in [3.8, 4) is 6.07 Å². The van der Waals surface area contributed by atoms with E-state index in [1.165, 1.54) is 12.1 Å². The Bertz CT molecular complexity index is 473. The average Bonchev–Trinajstić information content (AvgIpc) is 2.17. The minimum atomic E-state index is -3.65. The van der Waals surface area contributed by atoms with Crippen LogP contribution in [0, 0.1) is 11.3 Å². The zero-order valence-electron chi connectivity index (χ0n) is 8.14. The molecule has 1 aromatic carbocycles. The SMILES string of the molecule is CC(C#N)Nc1ccc(S(N)(=O)=O)cc1. The van der Waals surface area contributed by atoms with Gasteiger partial charge in [0.05, 0.1) is 11.0 Å². The van der Waals surface area contributed by atoms with Crippen LogP contribution in [-0.2, 0) is 10.0 Å². The number of rotatable bonds is 3. The molecule has 1 aromatic rings. The van der Waals surface area contributed by atoms with Gasteiger partial charge in [-0.15, -0.1) is 0 Å². The topological polar surface area (TPSA) is 96.0 Å². The fourth-order valence-electron chi connectivity index (χ4n) is 1.02. The summed E-state index contributed by atoms with van der Waals surface area (Å²) in [5.74, 6) is 0. The van der Waals surface area contributed by atoms with Crippen molar-refractivity contribution in [2.75, 3.05) is 5.32 Å². The van der Waals surface area contributed by atoms with Crippen LogP contribution in [0.4, 0.5) is 5.69 Å². The maximum absolute atomic E-state index is 10.9. The molecule has 0 aliphatic rings. The van der Waals surface area contributed by atoms with Crippen molar-refractivity contribution in [2.45, 2.75) is 17.9 Å². The molecule has 1 atom stereocenters.